The summed E-state index contributed by atoms with van der Waals surface area (Å²) in [6, 6.07) is 2.36. The molecule has 0 heterocycles. The van der Waals surface area contributed by atoms with E-state index in [2.05, 4.69) is 4.74 Å². The van der Waals surface area contributed by atoms with Crippen molar-refractivity contribution >= 4 is 17.5 Å². The Bertz CT molecular complexity index is 511. The first kappa shape index (κ1) is 17.5. The van der Waals surface area contributed by atoms with Crippen molar-refractivity contribution in [1.82, 2.24) is 5.06 Å². The molecule has 1 aromatic rings. The summed E-state index contributed by atoms with van der Waals surface area (Å²) in [5.74, 6) is -0.857. The van der Waals surface area contributed by atoms with Gasteiger partial charge in [-0.05, 0) is 19.9 Å². The van der Waals surface area contributed by atoms with Crippen LogP contribution in [-0.2, 0) is 4.84 Å². The zero-order valence-electron chi connectivity index (χ0n) is 12.0. The second kappa shape index (κ2) is 7.42. The Morgan fingerprint density at radius 1 is 1.24 bits per heavy atom. The Kier molecular flexibility index (Phi) is 6.17. The highest BCUT2D eigenvalue weighted by atomic mass is 35.5. The van der Waals surface area contributed by atoms with E-state index in [9.17, 15) is 13.6 Å². The SMILES string of the molecule is CON(C)C(=O)c1cc(Cl)c(OC(C)C)cc1OC(F)F. The molecule has 1 rings (SSSR count). The van der Waals surface area contributed by atoms with Gasteiger partial charge in [0.1, 0.15) is 11.5 Å². The van der Waals surface area contributed by atoms with Gasteiger partial charge in [-0.15, -0.1) is 0 Å². The van der Waals surface area contributed by atoms with E-state index in [-0.39, 0.29) is 28.2 Å². The summed E-state index contributed by atoms with van der Waals surface area (Å²) in [7, 11) is 2.60. The quantitative estimate of drug-likeness (QED) is 0.753. The molecule has 0 aliphatic heterocycles. The summed E-state index contributed by atoms with van der Waals surface area (Å²) in [6.45, 7) is 0.418. The first-order valence-electron chi connectivity index (χ1n) is 6.03. The molecule has 21 heavy (non-hydrogen) atoms. The van der Waals surface area contributed by atoms with Gasteiger partial charge >= 0.3 is 6.61 Å². The first-order chi connectivity index (χ1) is 9.76. The van der Waals surface area contributed by atoms with Crippen LogP contribution in [0.2, 0.25) is 5.02 Å². The van der Waals surface area contributed by atoms with Crippen molar-refractivity contribution in [1.29, 1.82) is 0 Å². The molecule has 5 nitrogen and oxygen atoms in total. The highest BCUT2D eigenvalue weighted by molar-refractivity contribution is 6.32. The van der Waals surface area contributed by atoms with E-state index in [0.717, 1.165) is 11.1 Å². The molecule has 0 saturated carbocycles. The zero-order valence-corrected chi connectivity index (χ0v) is 12.8. The highest BCUT2D eigenvalue weighted by Crippen LogP contribution is 2.34. The number of alkyl halides is 2. The van der Waals surface area contributed by atoms with Gasteiger partial charge in [-0.3, -0.25) is 9.63 Å². The number of hydroxylamine groups is 2. The van der Waals surface area contributed by atoms with Gasteiger partial charge < -0.3 is 9.47 Å². The summed E-state index contributed by atoms with van der Waals surface area (Å²) in [4.78, 5) is 16.8. The number of hydrogen-bond acceptors (Lipinski definition) is 4. The Balaban J connectivity index is 3.28. The van der Waals surface area contributed by atoms with Gasteiger partial charge in [0.25, 0.3) is 5.91 Å². The monoisotopic (exact) mass is 323 g/mol. The molecule has 1 amide bonds. The molecule has 0 radical (unpaired) electrons. The lowest BCUT2D eigenvalue weighted by molar-refractivity contribution is -0.0771. The molecule has 0 fully saturated rings. The predicted molar refractivity (Wildman–Crippen MR) is 73.0 cm³/mol. The van der Waals surface area contributed by atoms with E-state index in [1.54, 1.807) is 13.8 Å². The third kappa shape index (κ3) is 4.71. The molecule has 0 spiro atoms. The molecule has 0 unspecified atom stereocenters. The fourth-order valence-corrected chi connectivity index (χ4v) is 1.70. The lowest BCUT2D eigenvalue weighted by Crippen LogP contribution is -2.26. The number of ether oxygens (including phenoxy) is 2. The van der Waals surface area contributed by atoms with Gasteiger partial charge in [0, 0.05) is 13.1 Å². The van der Waals surface area contributed by atoms with Crippen molar-refractivity contribution in [3.05, 3.63) is 22.7 Å². The summed E-state index contributed by atoms with van der Waals surface area (Å²) in [5.41, 5.74) is -0.152. The molecule has 0 bridgehead atoms. The van der Waals surface area contributed by atoms with Crippen molar-refractivity contribution in [3.8, 4) is 11.5 Å². The number of nitrogens with zero attached hydrogens (tertiary/aromatic N) is 1. The fraction of sp³-hybridized carbons (Fsp3) is 0.462. The van der Waals surface area contributed by atoms with Crippen LogP contribution in [0.15, 0.2) is 12.1 Å². The number of hydrogen-bond donors (Lipinski definition) is 0. The van der Waals surface area contributed by atoms with Crippen LogP contribution in [0.4, 0.5) is 8.78 Å². The van der Waals surface area contributed by atoms with Crippen LogP contribution in [0.25, 0.3) is 0 Å². The van der Waals surface area contributed by atoms with Gasteiger partial charge in [0.2, 0.25) is 0 Å². The van der Waals surface area contributed by atoms with Gasteiger partial charge in [0.15, 0.2) is 0 Å². The van der Waals surface area contributed by atoms with Gasteiger partial charge in [-0.25, -0.2) is 5.06 Å². The van der Waals surface area contributed by atoms with Crippen molar-refractivity contribution in [2.45, 2.75) is 26.6 Å². The number of benzene rings is 1. The smallest absolute Gasteiger partial charge is 0.387 e. The maximum atomic E-state index is 12.5. The third-order valence-electron chi connectivity index (χ3n) is 2.40. The topological polar surface area (TPSA) is 48.0 Å². The Morgan fingerprint density at radius 2 is 1.86 bits per heavy atom. The lowest BCUT2D eigenvalue weighted by atomic mass is 10.1. The number of carbonyl (C=O) groups excluding carboxylic acids is 1. The van der Waals surface area contributed by atoms with Crippen molar-refractivity contribution in [2.24, 2.45) is 0 Å². The second-order valence-electron chi connectivity index (χ2n) is 4.31. The van der Waals surface area contributed by atoms with E-state index in [0.29, 0.717) is 0 Å². The van der Waals surface area contributed by atoms with Crippen molar-refractivity contribution < 1.29 is 27.9 Å². The van der Waals surface area contributed by atoms with E-state index in [1.165, 1.54) is 20.2 Å². The summed E-state index contributed by atoms with van der Waals surface area (Å²) >= 11 is 5.99. The standard InChI is InChI=1S/C13H16ClF2NO4/c1-7(2)20-11-6-10(21-13(15)16)8(5-9(11)14)12(18)17(3)19-4/h5-7,13H,1-4H3. The fourth-order valence-electron chi connectivity index (χ4n) is 1.49. The highest BCUT2D eigenvalue weighted by Gasteiger charge is 2.22. The summed E-state index contributed by atoms with van der Waals surface area (Å²) in [5, 5.41) is 0.977. The van der Waals surface area contributed by atoms with Crippen LogP contribution in [0, 0.1) is 0 Å². The van der Waals surface area contributed by atoms with Crippen LogP contribution in [0.3, 0.4) is 0 Å². The van der Waals surface area contributed by atoms with Crippen LogP contribution in [0.5, 0.6) is 11.5 Å². The molecule has 1 aromatic carbocycles. The van der Waals surface area contributed by atoms with Crippen LogP contribution in [0.1, 0.15) is 24.2 Å². The minimum Gasteiger partial charge on any atom is -0.489 e. The van der Waals surface area contributed by atoms with E-state index >= 15 is 0 Å². The Hall–Kier alpha value is -1.60. The summed E-state index contributed by atoms with van der Waals surface area (Å²) in [6.07, 6.45) is -0.217. The number of halogens is 3. The van der Waals surface area contributed by atoms with Gasteiger partial charge in [0.05, 0.1) is 23.8 Å². The van der Waals surface area contributed by atoms with Crippen molar-refractivity contribution in [2.75, 3.05) is 14.2 Å². The first-order valence-corrected chi connectivity index (χ1v) is 6.41. The second-order valence-corrected chi connectivity index (χ2v) is 4.72. The average Bonchev–Trinajstić information content (AvgIpc) is 2.39. The molecule has 0 N–H and O–H groups in total. The van der Waals surface area contributed by atoms with Crippen LogP contribution >= 0.6 is 11.6 Å². The number of rotatable bonds is 6. The largest absolute Gasteiger partial charge is 0.489 e. The normalized spacial score (nSPS) is 10.9. The molecule has 0 atom stereocenters. The molecule has 0 aromatic heterocycles. The third-order valence-corrected chi connectivity index (χ3v) is 2.70. The number of amides is 1. The molecule has 0 saturated heterocycles. The van der Waals surface area contributed by atoms with Crippen LogP contribution < -0.4 is 9.47 Å². The molecule has 8 heteroatoms. The summed E-state index contributed by atoms with van der Waals surface area (Å²) < 4.78 is 34.7. The zero-order chi connectivity index (χ0) is 16.2. The minimum absolute atomic E-state index is 0.109. The molecule has 0 aliphatic rings. The van der Waals surface area contributed by atoms with E-state index in [1.807, 2.05) is 0 Å². The Labute approximate surface area is 126 Å². The molecular weight excluding hydrogens is 308 g/mol. The maximum Gasteiger partial charge on any atom is 0.387 e. The molecular formula is C13H16ClF2NO4. The van der Waals surface area contributed by atoms with E-state index < -0.39 is 12.5 Å². The molecule has 0 aliphatic carbocycles. The number of carbonyl (C=O) groups is 1. The van der Waals surface area contributed by atoms with Gasteiger partial charge in [-0.2, -0.15) is 8.78 Å². The maximum absolute atomic E-state index is 12.5. The predicted octanol–water partition coefficient (Wildman–Crippen LogP) is 3.36. The van der Waals surface area contributed by atoms with Crippen molar-refractivity contribution in [3.63, 3.8) is 0 Å². The lowest BCUT2D eigenvalue weighted by Gasteiger charge is -2.19. The minimum atomic E-state index is -3.09. The average molecular weight is 324 g/mol. The van der Waals surface area contributed by atoms with E-state index in [4.69, 9.17) is 21.2 Å². The van der Waals surface area contributed by atoms with Crippen LogP contribution in [-0.4, -0.2) is 37.8 Å². The van der Waals surface area contributed by atoms with Gasteiger partial charge in [-0.1, -0.05) is 11.6 Å². The Morgan fingerprint density at radius 3 is 2.33 bits per heavy atom. The molecule has 118 valence electrons.